The lowest BCUT2D eigenvalue weighted by Gasteiger charge is -2.23. The minimum atomic E-state index is -0.291. The van der Waals surface area contributed by atoms with Gasteiger partial charge in [-0.05, 0) is 26.3 Å². The SMILES string of the molecule is CC(=O)NC(CC(=O)NC(C)(C)C)c1ccccc1. The lowest BCUT2D eigenvalue weighted by molar-refractivity contribution is -0.123. The van der Waals surface area contributed by atoms with Crippen LogP contribution in [0.5, 0.6) is 0 Å². The molecule has 1 atom stereocenters. The highest BCUT2D eigenvalue weighted by Crippen LogP contribution is 2.17. The first-order valence-corrected chi connectivity index (χ1v) is 6.41. The van der Waals surface area contributed by atoms with Gasteiger partial charge in [-0.3, -0.25) is 9.59 Å². The molecule has 104 valence electrons. The first kappa shape index (κ1) is 15.2. The van der Waals surface area contributed by atoms with E-state index in [1.165, 1.54) is 6.92 Å². The van der Waals surface area contributed by atoms with Gasteiger partial charge in [0.05, 0.1) is 12.5 Å². The van der Waals surface area contributed by atoms with E-state index < -0.39 is 0 Å². The highest BCUT2D eigenvalue weighted by Gasteiger charge is 2.20. The standard InChI is InChI=1S/C15H22N2O2/c1-11(18)16-13(12-8-6-5-7-9-12)10-14(19)17-15(2,3)4/h5-9,13H,10H2,1-4H3,(H,16,18)(H,17,19). The number of carbonyl (C=O) groups excluding carboxylic acids is 2. The fourth-order valence-corrected chi connectivity index (χ4v) is 1.84. The Kier molecular flexibility index (Phi) is 5.10. The fourth-order valence-electron chi connectivity index (χ4n) is 1.84. The maximum absolute atomic E-state index is 12.0. The quantitative estimate of drug-likeness (QED) is 0.873. The molecule has 0 aromatic heterocycles. The molecule has 0 fully saturated rings. The lowest BCUT2D eigenvalue weighted by Crippen LogP contribution is -2.42. The number of hydrogen-bond donors (Lipinski definition) is 2. The molecule has 0 aliphatic carbocycles. The second-order valence-corrected chi connectivity index (χ2v) is 5.67. The van der Waals surface area contributed by atoms with Crippen molar-refractivity contribution < 1.29 is 9.59 Å². The Morgan fingerprint density at radius 1 is 1.16 bits per heavy atom. The maximum Gasteiger partial charge on any atom is 0.222 e. The fraction of sp³-hybridized carbons (Fsp3) is 0.467. The van der Waals surface area contributed by atoms with Gasteiger partial charge in [0.25, 0.3) is 0 Å². The summed E-state index contributed by atoms with van der Waals surface area (Å²) in [6.45, 7) is 7.25. The van der Waals surface area contributed by atoms with Crippen molar-refractivity contribution in [2.24, 2.45) is 0 Å². The minimum Gasteiger partial charge on any atom is -0.351 e. The molecule has 0 bridgehead atoms. The van der Waals surface area contributed by atoms with E-state index in [2.05, 4.69) is 10.6 Å². The Hall–Kier alpha value is -1.84. The van der Waals surface area contributed by atoms with Crippen molar-refractivity contribution in [3.05, 3.63) is 35.9 Å². The van der Waals surface area contributed by atoms with Gasteiger partial charge in [-0.15, -0.1) is 0 Å². The molecule has 0 spiro atoms. The highest BCUT2D eigenvalue weighted by atomic mass is 16.2. The van der Waals surface area contributed by atoms with Crippen molar-refractivity contribution in [3.63, 3.8) is 0 Å². The highest BCUT2D eigenvalue weighted by molar-refractivity contribution is 5.79. The van der Waals surface area contributed by atoms with E-state index in [0.717, 1.165) is 5.56 Å². The predicted molar refractivity (Wildman–Crippen MR) is 75.5 cm³/mol. The molecule has 0 aliphatic rings. The monoisotopic (exact) mass is 262 g/mol. The second kappa shape index (κ2) is 6.36. The summed E-state index contributed by atoms with van der Waals surface area (Å²) >= 11 is 0. The third-order valence-corrected chi connectivity index (χ3v) is 2.48. The summed E-state index contributed by atoms with van der Waals surface area (Å²) in [5.74, 6) is -0.215. The predicted octanol–water partition coefficient (Wildman–Crippen LogP) is 2.17. The third kappa shape index (κ3) is 6.04. The zero-order valence-corrected chi connectivity index (χ0v) is 12.0. The number of rotatable bonds is 4. The van der Waals surface area contributed by atoms with Gasteiger partial charge < -0.3 is 10.6 Å². The minimum absolute atomic E-state index is 0.0740. The van der Waals surface area contributed by atoms with E-state index in [1.807, 2.05) is 51.1 Å². The van der Waals surface area contributed by atoms with E-state index in [4.69, 9.17) is 0 Å². The summed E-state index contributed by atoms with van der Waals surface area (Å²) in [5.41, 5.74) is 0.663. The molecular weight excluding hydrogens is 240 g/mol. The lowest BCUT2D eigenvalue weighted by atomic mass is 10.0. The van der Waals surface area contributed by atoms with Gasteiger partial charge in [0, 0.05) is 12.5 Å². The van der Waals surface area contributed by atoms with Crippen molar-refractivity contribution in [1.29, 1.82) is 0 Å². The topological polar surface area (TPSA) is 58.2 Å². The van der Waals surface area contributed by atoms with Gasteiger partial charge in [-0.2, -0.15) is 0 Å². The molecule has 0 radical (unpaired) electrons. The molecule has 0 saturated heterocycles. The van der Waals surface area contributed by atoms with Crippen molar-refractivity contribution in [2.75, 3.05) is 0 Å². The summed E-state index contributed by atoms with van der Waals surface area (Å²) in [5, 5.41) is 5.72. The summed E-state index contributed by atoms with van der Waals surface area (Å²) in [6, 6.07) is 9.22. The Morgan fingerprint density at radius 3 is 2.21 bits per heavy atom. The first-order valence-electron chi connectivity index (χ1n) is 6.41. The molecule has 1 rings (SSSR count). The average Bonchev–Trinajstić information content (AvgIpc) is 2.26. The largest absolute Gasteiger partial charge is 0.351 e. The molecule has 1 unspecified atom stereocenters. The first-order chi connectivity index (χ1) is 8.78. The van der Waals surface area contributed by atoms with Gasteiger partial charge in [0.1, 0.15) is 0 Å². The van der Waals surface area contributed by atoms with Crippen LogP contribution in [0.15, 0.2) is 30.3 Å². The molecular formula is C15H22N2O2. The van der Waals surface area contributed by atoms with Crippen molar-refractivity contribution in [2.45, 2.75) is 45.7 Å². The van der Waals surface area contributed by atoms with Crippen LogP contribution in [-0.4, -0.2) is 17.4 Å². The van der Waals surface area contributed by atoms with Gasteiger partial charge in [-0.1, -0.05) is 30.3 Å². The second-order valence-electron chi connectivity index (χ2n) is 5.67. The van der Waals surface area contributed by atoms with Gasteiger partial charge in [0.15, 0.2) is 0 Å². The van der Waals surface area contributed by atoms with E-state index in [1.54, 1.807) is 0 Å². The van der Waals surface area contributed by atoms with E-state index in [-0.39, 0.29) is 29.8 Å². The number of carbonyl (C=O) groups is 2. The van der Waals surface area contributed by atoms with Crippen LogP contribution >= 0.6 is 0 Å². The van der Waals surface area contributed by atoms with E-state index >= 15 is 0 Å². The summed E-state index contributed by atoms with van der Waals surface area (Å²) < 4.78 is 0. The Labute approximate surface area is 114 Å². The Balaban J connectivity index is 2.76. The molecule has 19 heavy (non-hydrogen) atoms. The van der Waals surface area contributed by atoms with Crippen LogP contribution in [-0.2, 0) is 9.59 Å². The zero-order chi connectivity index (χ0) is 14.5. The number of benzene rings is 1. The summed E-state index contributed by atoms with van der Waals surface area (Å²) in [4.78, 5) is 23.2. The Morgan fingerprint density at radius 2 is 1.74 bits per heavy atom. The van der Waals surface area contributed by atoms with Crippen LogP contribution in [0.4, 0.5) is 0 Å². The summed E-state index contributed by atoms with van der Waals surface area (Å²) in [6.07, 6.45) is 0.237. The molecule has 2 amide bonds. The smallest absolute Gasteiger partial charge is 0.222 e. The molecule has 0 heterocycles. The molecule has 1 aromatic rings. The van der Waals surface area contributed by atoms with E-state index in [9.17, 15) is 9.59 Å². The number of nitrogens with one attached hydrogen (secondary N) is 2. The summed E-state index contributed by atoms with van der Waals surface area (Å²) in [7, 11) is 0. The average molecular weight is 262 g/mol. The van der Waals surface area contributed by atoms with Crippen molar-refractivity contribution in [1.82, 2.24) is 10.6 Å². The maximum atomic E-state index is 12.0. The van der Waals surface area contributed by atoms with Gasteiger partial charge in [-0.25, -0.2) is 0 Å². The third-order valence-electron chi connectivity index (χ3n) is 2.48. The molecule has 0 aliphatic heterocycles. The normalized spacial score (nSPS) is 12.6. The molecule has 2 N–H and O–H groups in total. The van der Waals surface area contributed by atoms with Crippen molar-refractivity contribution in [3.8, 4) is 0 Å². The van der Waals surface area contributed by atoms with Crippen LogP contribution in [0.3, 0.4) is 0 Å². The van der Waals surface area contributed by atoms with Crippen molar-refractivity contribution >= 4 is 11.8 Å². The number of hydrogen-bond acceptors (Lipinski definition) is 2. The Bertz CT molecular complexity index is 435. The van der Waals surface area contributed by atoms with Gasteiger partial charge >= 0.3 is 0 Å². The molecule has 0 saturated carbocycles. The molecule has 1 aromatic carbocycles. The van der Waals surface area contributed by atoms with E-state index in [0.29, 0.717) is 0 Å². The van der Waals surface area contributed by atoms with Crippen LogP contribution in [0.1, 0.15) is 45.7 Å². The zero-order valence-electron chi connectivity index (χ0n) is 12.0. The molecule has 4 nitrogen and oxygen atoms in total. The van der Waals surface area contributed by atoms with Crippen LogP contribution < -0.4 is 10.6 Å². The van der Waals surface area contributed by atoms with Crippen LogP contribution in [0, 0.1) is 0 Å². The van der Waals surface area contributed by atoms with Gasteiger partial charge in [0.2, 0.25) is 11.8 Å². The van der Waals surface area contributed by atoms with Crippen LogP contribution in [0.25, 0.3) is 0 Å². The van der Waals surface area contributed by atoms with Crippen LogP contribution in [0.2, 0.25) is 0 Å². The number of amides is 2. The molecule has 4 heteroatoms.